The summed E-state index contributed by atoms with van der Waals surface area (Å²) in [4.78, 5) is 18.8. The lowest BCUT2D eigenvalue weighted by Crippen LogP contribution is -2.17. The minimum Gasteiger partial charge on any atom is -0.478 e. The van der Waals surface area contributed by atoms with Crippen LogP contribution in [0.5, 0.6) is 0 Å². The van der Waals surface area contributed by atoms with E-state index in [1.807, 2.05) is 25.6 Å². The number of nitrogens with zero attached hydrogens (tertiary/aromatic N) is 4. The van der Waals surface area contributed by atoms with E-state index in [2.05, 4.69) is 20.4 Å². The molecule has 2 aromatic heterocycles. The molecule has 106 valence electrons. The van der Waals surface area contributed by atoms with Crippen LogP contribution in [0.4, 0.5) is 0 Å². The van der Waals surface area contributed by atoms with Crippen LogP contribution in [-0.2, 0) is 20.1 Å². The molecule has 0 aliphatic heterocycles. The summed E-state index contributed by atoms with van der Waals surface area (Å²) in [5.74, 6) is -1.02. The van der Waals surface area contributed by atoms with E-state index in [1.54, 1.807) is 0 Å². The summed E-state index contributed by atoms with van der Waals surface area (Å²) in [5, 5.41) is 16.6. The second-order valence-corrected chi connectivity index (χ2v) is 4.56. The fourth-order valence-electron chi connectivity index (χ4n) is 2.05. The molecule has 0 aromatic carbocycles. The first-order valence-electron chi connectivity index (χ1n) is 6.22. The van der Waals surface area contributed by atoms with Gasteiger partial charge in [0.25, 0.3) is 0 Å². The molecule has 0 radical (unpaired) electrons. The van der Waals surface area contributed by atoms with Gasteiger partial charge in [0.2, 0.25) is 0 Å². The molecule has 0 spiro atoms. The van der Waals surface area contributed by atoms with Gasteiger partial charge in [0, 0.05) is 37.6 Å². The Labute approximate surface area is 116 Å². The monoisotopic (exact) mass is 275 g/mol. The van der Waals surface area contributed by atoms with Gasteiger partial charge in [-0.2, -0.15) is 5.10 Å². The van der Waals surface area contributed by atoms with Gasteiger partial charge in [-0.15, -0.1) is 0 Å². The Hall–Kier alpha value is -2.28. The van der Waals surface area contributed by atoms with Crippen LogP contribution in [-0.4, -0.2) is 30.8 Å². The Balaban J connectivity index is 2.05. The van der Waals surface area contributed by atoms with E-state index in [0.717, 1.165) is 17.0 Å². The van der Waals surface area contributed by atoms with Crippen molar-refractivity contribution >= 4 is 5.97 Å². The molecule has 0 aliphatic carbocycles. The largest absolute Gasteiger partial charge is 0.478 e. The third-order valence-electron chi connectivity index (χ3n) is 3.28. The number of aryl methyl sites for hydroxylation is 2. The van der Waals surface area contributed by atoms with Crippen molar-refractivity contribution in [3.8, 4) is 0 Å². The molecular weight excluding hydrogens is 258 g/mol. The lowest BCUT2D eigenvalue weighted by atomic mass is 10.2. The smallest absolute Gasteiger partial charge is 0.339 e. The quantitative estimate of drug-likeness (QED) is 0.839. The molecule has 7 heteroatoms. The third-order valence-corrected chi connectivity index (χ3v) is 3.28. The van der Waals surface area contributed by atoms with E-state index in [-0.39, 0.29) is 5.56 Å². The van der Waals surface area contributed by atoms with Gasteiger partial charge >= 0.3 is 5.97 Å². The van der Waals surface area contributed by atoms with Crippen molar-refractivity contribution in [2.75, 3.05) is 0 Å². The van der Waals surface area contributed by atoms with Crippen LogP contribution in [0.15, 0.2) is 12.5 Å². The number of hydrogen-bond acceptors (Lipinski definition) is 5. The van der Waals surface area contributed by atoms with E-state index in [9.17, 15) is 4.79 Å². The molecule has 0 saturated heterocycles. The number of carboxylic acids is 1. The van der Waals surface area contributed by atoms with Crippen LogP contribution in [0.25, 0.3) is 0 Å². The molecule has 0 saturated carbocycles. The van der Waals surface area contributed by atoms with Crippen LogP contribution in [0.2, 0.25) is 0 Å². The number of carboxylic acid groups (broad SMARTS) is 1. The Kier molecular flexibility index (Phi) is 4.09. The molecular formula is C13H17N5O2. The minimum absolute atomic E-state index is 0.125. The molecule has 7 nitrogen and oxygen atoms in total. The summed E-state index contributed by atoms with van der Waals surface area (Å²) in [6, 6.07) is 0. The first-order valence-corrected chi connectivity index (χ1v) is 6.22. The fourth-order valence-corrected chi connectivity index (χ4v) is 2.05. The van der Waals surface area contributed by atoms with Crippen LogP contribution in [0, 0.1) is 13.8 Å². The van der Waals surface area contributed by atoms with Gasteiger partial charge in [-0.25, -0.2) is 14.8 Å². The molecule has 0 amide bonds. The molecule has 2 aromatic rings. The normalized spacial score (nSPS) is 10.8. The number of nitrogens with one attached hydrogen (secondary N) is 1. The van der Waals surface area contributed by atoms with Crippen LogP contribution in [0.3, 0.4) is 0 Å². The molecule has 0 fully saturated rings. The van der Waals surface area contributed by atoms with Crippen molar-refractivity contribution in [3.63, 3.8) is 0 Å². The third kappa shape index (κ3) is 2.83. The molecule has 0 aliphatic rings. The Bertz CT molecular complexity index is 636. The Morgan fingerprint density at radius 3 is 2.75 bits per heavy atom. The molecule has 0 unspecified atom stereocenters. The topological polar surface area (TPSA) is 92.9 Å². The van der Waals surface area contributed by atoms with Crippen molar-refractivity contribution in [1.82, 2.24) is 25.1 Å². The van der Waals surface area contributed by atoms with Crippen molar-refractivity contribution in [3.05, 3.63) is 40.7 Å². The number of aromatic carboxylic acids is 1. The highest BCUT2D eigenvalue weighted by Crippen LogP contribution is 2.11. The zero-order valence-corrected chi connectivity index (χ0v) is 11.7. The predicted octanol–water partition coefficient (Wildman–Crippen LogP) is 0.815. The first kappa shape index (κ1) is 14.1. The van der Waals surface area contributed by atoms with Crippen LogP contribution >= 0.6 is 0 Å². The summed E-state index contributed by atoms with van der Waals surface area (Å²) in [6.07, 6.45) is 2.66. The molecule has 2 N–H and O–H groups in total. The first-order chi connectivity index (χ1) is 9.50. The van der Waals surface area contributed by atoms with Gasteiger partial charge in [0.15, 0.2) is 0 Å². The van der Waals surface area contributed by atoms with Crippen molar-refractivity contribution < 1.29 is 9.90 Å². The van der Waals surface area contributed by atoms with Gasteiger partial charge in [-0.05, 0) is 13.8 Å². The maximum atomic E-state index is 11.0. The highest BCUT2D eigenvalue weighted by Gasteiger charge is 2.12. The summed E-state index contributed by atoms with van der Waals surface area (Å²) in [7, 11) is 1.90. The Morgan fingerprint density at radius 2 is 2.15 bits per heavy atom. The fraction of sp³-hybridized carbons (Fsp3) is 0.385. The SMILES string of the molecule is Cc1nn(C)c(C)c1CNCc1ncncc1C(=O)O. The number of carbonyl (C=O) groups is 1. The van der Waals surface area contributed by atoms with Crippen LogP contribution < -0.4 is 5.32 Å². The summed E-state index contributed by atoms with van der Waals surface area (Å²) < 4.78 is 1.83. The maximum Gasteiger partial charge on any atom is 0.339 e. The van der Waals surface area contributed by atoms with Gasteiger partial charge < -0.3 is 10.4 Å². The number of rotatable bonds is 5. The average Bonchev–Trinajstić information content (AvgIpc) is 2.65. The van der Waals surface area contributed by atoms with E-state index >= 15 is 0 Å². The number of hydrogen-bond donors (Lipinski definition) is 2. The zero-order valence-electron chi connectivity index (χ0n) is 11.7. The lowest BCUT2D eigenvalue weighted by molar-refractivity contribution is 0.0694. The number of aromatic nitrogens is 4. The van der Waals surface area contributed by atoms with E-state index in [0.29, 0.717) is 18.8 Å². The van der Waals surface area contributed by atoms with E-state index in [4.69, 9.17) is 5.11 Å². The maximum absolute atomic E-state index is 11.0. The molecule has 0 atom stereocenters. The molecule has 0 bridgehead atoms. The van der Waals surface area contributed by atoms with Crippen LogP contribution in [0.1, 0.15) is 33.0 Å². The zero-order chi connectivity index (χ0) is 14.7. The second kappa shape index (κ2) is 5.79. The second-order valence-electron chi connectivity index (χ2n) is 4.56. The van der Waals surface area contributed by atoms with Gasteiger partial charge in [-0.3, -0.25) is 4.68 Å². The molecule has 2 heterocycles. The van der Waals surface area contributed by atoms with Crippen molar-refractivity contribution in [1.29, 1.82) is 0 Å². The summed E-state index contributed by atoms with van der Waals surface area (Å²) >= 11 is 0. The Morgan fingerprint density at radius 1 is 1.40 bits per heavy atom. The van der Waals surface area contributed by atoms with Crippen molar-refractivity contribution in [2.45, 2.75) is 26.9 Å². The van der Waals surface area contributed by atoms with Crippen molar-refractivity contribution in [2.24, 2.45) is 7.05 Å². The molecule has 2 rings (SSSR count). The minimum atomic E-state index is -1.02. The lowest BCUT2D eigenvalue weighted by Gasteiger charge is -2.07. The predicted molar refractivity (Wildman–Crippen MR) is 72.2 cm³/mol. The standard InChI is InChI=1S/C13H17N5O2/c1-8-10(9(2)18(3)17-8)4-14-6-12-11(13(19)20)5-15-7-16-12/h5,7,14H,4,6H2,1-3H3,(H,19,20). The average molecular weight is 275 g/mol. The highest BCUT2D eigenvalue weighted by molar-refractivity contribution is 5.88. The summed E-state index contributed by atoms with van der Waals surface area (Å²) in [6.45, 7) is 4.95. The highest BCUT2D eigenvalue weighted by atomic mass is 16.4. The summed E-state index contributed by atoms with van der Waals surface area (Å²) in [5.41, 5.74) is 3.79. The van der Waals surface area contributed by atoms with Gasteiger partial charge in [0.1, 0.15) is 11.9 Å². The van der Waals surface area contributed by atoms with E-state index in [1.165, 1.54) is 12.5 Å². The molecule has 20 heavy (non-hydrogen) atoms. The van der Waals surface area contributed by atoms with Gasteiger partial charge in [-0.1, -0.05) is 0 Å². The van der Waals surface area contributed by atoms with Gasteiger partial charge in [0.05, 0.1) is 11.4 Å². The van der Waals surface area contributed by atoms with E-state index < -0.39 is 5.97 Å².